The predicted octanol–water partition coefficient (Wildman–Crippen LogP) is 3.78. The highest BCUT2D eigenvalue weighted by Gasteiger charge is 2.21. The van der Waals surface area contributed by atoms with Crippen LogP contribution in [0.5, 0.6) is 0 Å². The van der Waals surface area contributed by atoms with E-state index in [-0.39, 0.29) is 0 Å². The number of allylic oxidation sites excluding steroid dienone is 1. The minimum atomic E-state index is 0.383. The summed E-state index contributed by atoms with van der Waals surface area (Å²) in [5.41, 5.74) is 7.88. The summed E-state index contributed by atoms with van der Waals surface area (Å²) in [5.74, 6) is 0.950. The van der Waals surface area contributed by atoms with Crippen molar-refractivity contribution in [2.75, 3.05) is 0 Å². The largest absolute Gasteiger partial charge is 0.324 e. The maximum absolute atomic E-state index is 6.31. The normalized spacial score (nSPS) is 26.1. The lowest BCUT2D eigenvalue weighted by atomic mass is 9.79. The summed E-state index contributed by atoms with van der Waals surface area (Å²) >= 11 is 0. The van der Waals surface area contributed by atoms with Gasteiger partial charge in [0.1, 0.15) is 0 Å². The van der Waals surface area contributed by atoms with Crippen LogP contribution in [-0.2, 0) is 0 Å². The topological polar surface area (TPSA) is 26.0 Å². The predicted molar refractivity (Wildman–Crippen MR) is 65.7 cm³/mol. The smallest absolute Gasteiger partial charge is 0.0256 e. The molecule has 0 bridgehead atoms. The fraction of sp³-hybridized carbons (Fsp3) is 0.857. The molecule has 2 aliphatic carbocycles. The Labute approximate surface area is 94.1 Å². The average molecular weight is 207 g/mol. The van der Waals surface area contributed by atoms with E-state index in [1.807, 2.05) is 0 Å². The van der Waals surface area contributed by atoms with Crippen LogP contribution in [0.2, 0.25) is 0 Å². The van der Waals surface area contributed by atoms with E-state index < -0.39 is 0 Å². The molecule has 2 rings (SSSR count). The molecule has 0 saturated heterocycles. The summed E-state index contributed by atoms with van der Waals surface area (Å²) in [6.45, 7) is 0. The zero-order valence-electron chi connectivity index (χ0n) is 9.88. The van der Waals surface area contributed by atoms with E-state index in [0.717, 1.165) is 5.92 Å². The molecule has 1 saturated carbocycles. The summed E-state index contributed by atoms with van der Waals surface area (Å²) in [7, 11) is 0. The van der Waals surface area contributed by atoms with Gasteiger partial charge in [-0.25, -0.2) is 0 Å². The first-order chi connectivity index (χ1) is 7.36. The molecule has 2 aliphatic rings. The second kappa shape index (κ2) is 5.69. The molecule has 0 aromatic rings. The fourth-order valence-electron chi connectivity index (χ4n) is 2.79. The maximum atomic E-state index is 6.31. The van der Waals surface area contributed by atoms with Crippen molar-refractivity contribution in [3.63, 3.8) is 0 Å². The Morgan fingerprint density at radius 1 is 1.13 bits per heavy atom. The molecule has 0 radical (unpaired) electrons. The molecule has 1 heteroatoms. The molecular formula is C14H25N. The fourth-order valence-corrected chi connectivity index (χ4v) is 2.79. The van der Waals surface area contributed by atoms with Gasteiger partial charge in [0.2, 0.25) is 0 Å². The Bertz CT molecular complexity index is 215. The van der Waals surface area contributed by atoms with Crippen LogP contribution in [0.15, 0.2) is 11.6 Å². The van der Waals surface area contributed by atoms with Crippen molar-refractivity contribution in [1.29, 1.82) is 0 Å². The minimum Gasteiger partial charge on any atom is -0.324 e. The number of hydrogen-bond acceptors (Lipinski definition) is 1. The zero-order chi connectivity index (χ0) is 10.5. The SMILES string of the molecule is NC(CC1CCC1)C1=CCCCCCC1. The molecule has 1 atom stereocenters. The van der Waals surface area contributed by atoms with E-state index >= 15 is 0 Å². The molecule has 0 aliphatic heterocycles. The van der Waals surface area contributed by atoms with E-state index in [1.54, 1.807) is 5.57 Å². The van der Waals surface area contributed by atoms with Crippen LogP contribution in [0.1, 0.15) is 64.2 Å². The van der Waals surface area contributed by atoms with Crippen LogP contribution in [0.3, 0.4) is 0 Å². The van der Waals surface area contributed by atoms with Crippen LogP contribution in [-0.4, -0.2) is 6.04 Å². The molecular weight excluding hydrogens is 182 g/mol. The summed E-state index contributed by atoms with van der Waals surface area (Å²) in [6.07, 6.45) is 16.1. The second-order valence-electron chi connectivity index (χ2n) is 5.37. The third-order valence-electron chi connectivity index (χ3n) is 4.11. The second-order valence-corrected chi connectivity index (χ2v) is 5.37. The van der Waals surface area contributed by atoms with Crippen LogP contribution in [0, 0.1) is 5.92 Å². The number of hydrogen-bond donors (Lipinski definition) is 1. The minimum absolute atomic E-state index is 0.383. The van der Waals surface area contributed by atoms with Crippen LogP contribution >= 0.6 is 0 Å². The Hall–Kier alpha value is -0.300. The van der Waals surface area contributed by atoms with Gasteiger partial charge in [-0.1, -0.05) is 43.8 Å². The summed E-state index contributed by atoms with van der Waals surface area (Å²) in [5, 5.41) is 0. The third kappa shape index (κ3) is 3.34. The van der Waals surface area contributed by atoms with Gasteiger partial charge in [-0.15, -0.1) is 0 Å². The van der Waals surface area contributed by atoms with Gasteiger partial charge in [0.25, 0.3) is 0 Å². The quantitative estimate of drug-likeness (QED) is 0.700. The Morgan fingerprint density at radius 2 is 1.93 bits per heavy atom. The highest BCUT2D eigenvalue weighted by atomic mass is 14.6. The molecule has 86 valence electrons. The highest BCUT2D eigenvalue weighted by molar-refractivity contribution is 5.11. The van der Waals surface area contributed by atoms with Gasteiger partial charge >= 0.3 is 0 Å². The molecule has 0 spiro atoms. The van der Waals surface area contributed by atoms with E-state index in [1.165, 1.54) is 64.2 Å². The molecule has 1 fully saturated rings. The summed E-state index contributed by atoms with van der Waals surface area (Å²) in [4.78, 5) is 0. The molecule has 1 nitrogen and oxygen atoms in total. The number of nitrogens with two attached hydrogens (primary N) is 1. The van der Waals surface area contributed by atoms with Gasteiger partial charge in [0.15, 0.2) is 0 Å². The van der Waals surface area contributed by atoms with Gasteiger partial charge in [0, 0.05) is 6.04 Å². The first-order valence-electron chi connectivity index (χ1n) is 6.81. The maximum Gasteiger partial charge on any atom is 0.0256 e. The zero-order valence-corrected chi connectivity index (χ0v) is 9.88. The van der Waals surface area contributed by atoms with Crippen molar-refractivity contribution in [3.8, 4) is 0 Å². The van der Waals surface area contributed by atoms with Gasteiger partial charge < -0.3 is 5.73 Å². The van der Waals surface area contributed by atoms with Crippen molar-refractivity contribution in [3.05, 3.63) is 11.6 Å². The van der Waals surface area contributed by atoms with E-state index in [0.29, 0.717) is 6.04 Å². The third-order valence-corrected chi connectivity index (χ3v) is 4.11. The Morgan fingerprint density at radius 3 is 2.67 bits per heavy atom. The Balaban J connectivity index is 1.82. The van der Waals surface area contributed by atoms with Crippen molar-refractivity contribution >= 4 is 0 Å². The number of rotatable bonds is 3. The van der Waals surface area contributed by atoms with Crippen molar-refractivity contribution in [2.45, 2.75) is 70.3 Å². The summed E-state index contributed by atoms with van der Waals surface area (Å²) in [6, 6.07) is 0.383. The lowest BCUT2D eigenvalue weighted by Gasteiger charge is -2.29. The lowest BCUT2D eigenvalue weighted by Crippen LogP contribution is -2.28. The van der Waals surface area contributed by atoms with E-state index in [2.05, 4.69) is 6.08 Å². The van der Waals surface area contributed by atoms with Gasteiger partial charge in [-0.05, 0) is 38.0 Å². The van der Waals surface area contributed by atoms with Crippen molar-refractivity contribution in [2.24, 2.45) is 11.7 Å². The van der Waals surface area contributed by atoms with Crippen molar-refractivity contribution in [1.82, 2.24) is 0 Å². The molecule has 0 heterocycles. The van der Waals surface area contributed by atoms with Crippen LogP contribution in [0.25, 0.3) is 0 Å². The molecule has 0 aromatic carbocycles. The van der Waals surface area contributed by atoms with Gasteiger partial charge in [-0.2, -0.15) is 0 Å². The standard InChI is InChI=1S/C14H25N/c15-14(11-12-7-6-8-12)13-9-4-2-1-3-5-10-13/h9,12,14H,1-8,10-11,15H2. The molecule has 0 aromatic heterocycles. The van der Waals surface area contributed by atoms with Crippen molar-refractivity contribution < 1.29 is 0 Å². The highest BCUT2D eigenvalue weighted by Crippen LogP contribution is 2.32. The lowest BCUT2D eigenvalue weighted by molar-refractivity contribution is 0.283. The molecule has 15 heavy (non-hydrogen) atoms. The first kappa shape index (κ1) is 11.2. The monoisotopic (exact) mass is 207 g/mol. The van der Waals surface area contributed by atoms with Gasteiger partial charge in [0.05, 0.1) is 0 Å². The molecule has 1 unspecified atom stereocenters. The Kier molecular flexibility index (Phi) is 4.25. The average Bonchev–Trinajstić information content (AvgIpc) is 2.10. The van der Waals surface area contributed by atoms with Gasteiger partial charge in [-0.3, -0.25) is 0 Å². The van der Waals surface area contributed by atoms with E-state index in [9.17, 15) is 0 Å². The molecule has 2 N–H and O–H groups in total. The van der Waals surface area contributed by atoms with E-state index in [4.69, 9.17) is 5.73 Å². The first-order valence-corrected chi connectivity index (χ1v) is 6.81. The molecule has 0 amide bonds. The van der Waals surface area contributed by atoms with Crippen LogP contribution in [0.4, 0.5) is 0 Å². The summed E-state index contributed by atoms with van der Waals surface area (Å²) < 4.78 is 0. The van der Waals surface area contributed by atoms with Crippen LogP contribution < -0.4 is 5.73 Å².